The Morgan fingerprint density at radius 3 is 2.34 bits per heavy atom. The van der Waals surface area contributed by atoms with E-state index in [4.69, 9.17) is 13.9 Å². The minimum Gasteiger partial charge on any atom is -0.497 e. The molecule has 0 amide bonds. The average molecular weight is 386 g/mol. The van der Waals surface area contributed by atoms with Crippen LogP contribution in [0.25, 0.3) is 22.1 Å². The van der Waals surface area contributed by atoms with Crippen LogP contribution in [0.3, 0.4) is 0 Å². The zero-order valence-electron chi connectivity index (χ0n) is 16.7. The van der Waals surface area contributed by atoms with Gasteiger partial charge in [0.05, 0.1) is 12.7 Å². The molecule has 3 aromatic carbocycles. The van der Waals surface area contributed by atoms with E-state index in [-0.39, 0.29) is 5.63 Å². The van der Waals surface area contributed by atoms with Gasteiger partial charge in [-0.15, -0.1) is 0 Å². The molecule has 0 N–H and O–H groups in total. The van der Waals surface area contributed by atoms with Crippen molar-refractivity contribution in [1.29, 1.82) is 0 Å². The van der Waals surface area contributed by atoms with Crippen LogP contribution in [0.5, 0.6) is 11.5 Å². The molecule has 0 atom stereocenters. The number of benzene rings is 3. The van der Waals surface area contributed by atoms with Crippen LogP contribution in [0.1, 0.15) is 16.7 Å². The first-order valence-corrected chi connectivity index (χ1v) is 9.46. The summed E-state index contributed by atoms with van der Waals surface area (Å²) in [6.07, 6.45) is 0. The van der Waals surface area contributed by atoms with Crippen molar-refractivity contribution < 1.29 is 13.9 Å². The maximum Gasteiger partial charge on any atom is 0.344 e. The van der Waals surface area contributed by atoms with Gasteiger partial charge >= 0.3 is 5.63 Å². The highest BCUT2D eigenvalue weighted by Crippen LogP contribution is 2.30. The Hall–Kier alpha value is -3.53. The Bertz CT molecular complexity index is 1220. The van der Waals surface area contributed by atoms with Gasteiger partial charge in [-0.05, 0) is 66.4 Å². The molecule has 4 heteroatoms. The molecule has 0 aliphatic rings. The van der Waals surface area contributed by atoms with E-state index in [2.05, 4.69) is 19.1 Å². The molecular weight excluding hydrogens is 364 g/mol. The number of methoxy groups -OCH3 is 1. The minimum absolute atomic E-state index is 0.353. The minimum atomic E-state index is -0.353. The fourth-order valence-corrected chi connectivity index (χ4v) is 3.44. The molecule has 0 fully saturated rings. The molecule has 4 rings (SSSR count). The first-order valence-electron chi connectivity index (χ1n) is 9.46. The number of hydrogen-bond acceptors (Lipinski definition) is 4. The molecular formula is C25H22O4. The van der Waals surface area contributed by atoms with Gasteiger partial charge in [0.2, 0.25) is 0 Å². The molecule has 0 aliphatic carbocycles. The zero-order chi connectivity index (χ0) is 20.4. The number of fused-ring (bicyclic) bond motifs is 1. The summed E-state index contributed by atoms with van der Waals surface area (Å²) < 4.78 is 16.8. The molecule has 0 aliphatic heterocycles. The molecule has 1 heterocycles. The molecule has 0 spiro atoms. The zero-order valence-corrected chi connectivity index (χ0v) is 16.7. The van der Waals surface area contributed by atoms with E-state index in [0.29, 0.717) is 17.8 Å². The Balaban J connectivity index is 1.71. The predicted octanol–water partition coefficient (Wildman–Crippen LogP) is 5.66. The summed E-state index contributed by atoms with van der Waals surface area (Å²) >= 11 is 0. The van der Waals surface area contributed by atoms with Crippen LogP contribution in [-0.4, -0.2) is 7.11 Å². The van der Waals surface area contributed by atoms with Crippen LogP contribution in [0.15, 0.2) is 75.9 Å². The third-order valence-corrected chi connectivity index (χ3v) is 5.17. The van der Waals surface area contributed by atoms with Crippen molar-refractivity contribution in [3.63, 3.8) is 0 Å². The van der Waals surface area contributed by atoms with Crippen LogP contribution in [0, 0.1) is 13.8 Å². The van der Waals surface area contributed by atoms with Crippen molar-refractivity contribution in [2.24, 2.45) is 0 Å². The Morgan fingerprint density at radius 1 is 0.897 bits per heavy atom. The van der Waals surface area contributed by atoms with Gasteiger partial charge in [0.1, 0.15) is 23.7 Å². The van der Waals surface area contributed by atoms with Crippen molar-refractivity contribution >= 4 is 11.0 Å². The Labute approximate surface area is 169 Å². The maximum atomic E-state index is 12.6. The molecule has 4 nitrogen and oxygen atoms in total. The maximum absolute atomic E-state index is 12.6. The summed E-state index contributed by atoms with van der Waals surface area (Å²) in [5, 5.41) is 0.859. The summed E-state index contributed by atoms with van der Waals surface area (Å²) in [7, 11) is 1.61. The van der Waals surface area contributed by atoms with Gasteiger partial charge in [-0.2, -0.15) is 0 Å². The largest absolute Gasteiger partial charge is 0.497 e. The molecule has 0 unspecified atom stereocenters. The van der Waals surface area contributed by atoms with Crippen molar-refractivity contribution in [1.82, 2.24) is 0 Å². The Morgan fingerprint density at radius 2 is 1.62 bits per heavy atom. The third-order valence-electron chi connectivity index (χ3n) is 5.17. The second-order valence-corrected chi connectivity index (χ2v) is 6.99. The normalized spacial score (nSPS) is 10.9. The van der Waals surface area contributed by atoms with Gasteiger partial charge in [-0.1, -0.05) is 36.4 Å². The lowest BCUT2D eigenvalue weighted by atomic mass is 9.99. The standard InChI is InChI=1S/C25H22O4/c1-16-6-4-5-7-19(16)15-28-21-12-13-23-22(14-21)17(2)24(25(26)29-23)18-8-10-20(27-3)11-9-18/h4-14H,15H2,1-3H3. The van der Waals surface area contributed by atoms with Gasteiger partial charge in [-0.25, -0.2) is 4.79 Å². The Kier molecular flexibility index (Phi) is 5.09. The molecule has 0 radical (unpaired) electrons. The van der Waals surface area contributed by atoms with Crippen molar-refractivity contribution in [2.45, 2.75) is 20.5 Å². The second kappa shape index (κ2) is 7.84. The van der Waals surface area contributed by atoms with Gasteiger partial charge in [0, 0.05) is 5.39 Å². The second-order valence-electron chi connectivity index (χ2n) is 6.99. The van der Waals surface area contributed by atoms with E-state index < -0.39 is 0 Å². The number of hydrogen-bond donors (Lipinski definition) is 0. The lowest BCUT2D eigenvalue weighted by molar-refractivity contribution is 0.305. The monoisotopic (exact) mass is 386 g/mol. The third kappa shape index (κ3) is 3.74. The summed E-state index contributed by atoms with van der Waals surface area (Å²) in [6.45, 7) is 4.49. The lowest BCUT2D eigenvalue weighted by Crippen LogP contribution is -2.06. The van der Waals surface area contributed by atoms with E-state index in [9.17, 15) is 4.79 Å². The van der Waals surface area contributed by atoms with E-state index in [0.717, 1.165) is 33.6 Å². The first kappa shape index (κ1) is 18.8. The van der Waals surface area contributed by atoms with Crippen LogP contribution in [0.4, 0.5) is 0 Å². The quantitative estimate of drug-likeness (QED) is 0.415. The highest BCUT2D eigenvalue weighted by Gasteiger charge is 2.14. The number of rotatable bonds is 5. The predicted molar refractivity (Wildman–Crippen MR) is 115 cm³/mol. The summed E-state index contributed by atoms with van der Waals surface area (Å²) in [4.78, 5) is 12.6. The van der Waals surface area contributed by atoms with E-state index in [1.54, 1.807) is 13.2 Å². The topological polar surface area (TPSA) is 48.7 Å². The molecule has 1 aromatic heterocycles. The van der Waals surface area contributed by atoms with Crippen LogP contribution < -0.4 is 15.1 Å². The van der Waals surface area contributed by atoms with Gasteiger partial charge in [-0.3, -0.25) is 0 Å². The van der Waals surface area contributed by atoms with Crippen LogP contribution in [0.2, 0.25) is 0 Å². The average Bonchev–Trinajstić information content (AvgIpc) is 2.74. The smallest absolute Gasteiger partial charge is 0.344 e. The first-order chi connectivity index (χ1) is 14.1. The number of aryl methyl sites for hydroxylation is 2. The van der Waals surface area contributed by atoms with E-state index in [1.807, 2.05) is 55.5 Å². The van der Waals surface area contributed by atoms with Gasteiger partial charge in [0.15, 0.2) is 0 Å². The van der Waals surface area contributed by atoms with Crippen LogP contribution in [-0.2, 0) is 6.61 Å². The molecule has 0 saturated carbocycles. The molecule has 4 aromatic rings. The summed E-state index contributed by atoms with van der Waals surface area (Å²) in [6, 6.07) is 21.1. The fourth-order valence-electron chi connectivity index (χ4n) is 3.44. The lowest BCUT2D eigenvalue weighted by Gasteiger charge is -2.12. The van der Waals surface area contributed by atoms with Crippen LogP contribution >= 0.6 is 0 Å². The highest BCUT2D eigenvalue weighted by atomic mass is 16.5. The SMILES string of the molecule is COc1ccc(-c2c(C)c3cc(OCc4ccccc4C)ccc3oc2=O)cc1. The number of ether oxygens (including phenoxy) is 2. The van der Waals surface area contributed by atoms with Gasteiger partial charge in [0.25, 0.3) is 0 Å². The summed E-state index contributed by atoms with van der Waals surface area (Å²) in [5.41, 5.74) is 4.74. The van der Waals surface area contributed by atoms with Crippen molar-refractivity contribution in [3.05, 3.63) is 93.8 Å². The molecule has 0 saturated heterocycles. The van der Waals surface area contributed by atoms with Crippen molar-refractivity contribution in [2.75, 3.05) is 7.11 Å². The van der Waals surface area contributed by atoms with Gasteiger partial charge < -0.3 is 13.9 Å². The molecule has 0 bridgehead atoms. The molecule has 146 valence electrons. The summed E-state index contributed by atoms with van der Waals surface area (Å²) in [5.74, 6) is 1.47. The van der Waals surface area contributed by atoms with E-state index in [1.165, 1.54) is 5.56 Å². The van der Waals surface area contributed by atoms with Crippen molar-refractivity contribution in [3.8, 4) is 22.6 Å². The fraction of sp³-hybridized carbons (Fsp3) is 0.160. The van der Waals surface area contributed by atoms with E-state index >= 15 is 0 Å². The molecule has 29 heavy (non-hydrogen) atoms. The highest BCUT2D eigenvalue weighted by molar-refractivity contribution is 5.87.